The zero-order valence-corrected chi connectivity index (χ0v) is 22.2. The number of nitrogens with zero attached hydrogens (tertiary/aromatic N) is 2. The Bertz CT molecular complexity index is 1550. The molecule has 0 unspecified atom stereocenters. The average molecular weight is 534 g/mol. The summed E-state index contributed by atoms with van der Waals surface area (Å²) >= 11 is 0. The molecule has 1 aliphatic heterocycles. The Labute approximate surface area is 233 Å². The number of Topliss-reactive ketones (excluding diaryl/α,β-unsaturated/α-hetero) is 1. The Morgan fingerprint density at radius 1 is 1.02 bits per heavy atom. The van der Waals surface area contributed by atoms with Crippen LogP contribution >= 0.6 is 0 Å². The summed E-state index contributed by atoms with van der Waals surface area (Å²) in [7, 11) is 0. The summed E-state index contributed by atoms with van der Waals surface area (Å²) in [6.07, 6.45) is 3.86. The van der Waals surface area contributed by atoms with Gasteiger partial charge in [-0.2, -0.15) is 5.26 Å². The minimum Gasteiger partial charge on any atom is -0.360 e. The molecule has 2 heterocycles. The van der Waals surface area contributed by atoms with E-state index in [2.05, 4.69) is 21.7 Å². The van der Waals surface area contributed by atoms with Crippen molar-refractivity contribution in [1.29, 1.82) is 5.26 Å². The lowest BCUT2D eigenvalue weighted by Crippen LogP contribution is -2.35. The fourth-order valence-electron chi connectivity index (χ4n) is 5.09. The second-order valence-corrected chi connectivity index (χ2v) is 9.92. The van der Waals surface area contributed by atoms with E-state index < -0.39 is 6.04 Å². The van der Waals surface area contributed by atoms with Crippen LogP contribution in [0, 0.1) is 11.3 Å². The molecule has 3 aromatic carbocycles. The van der Waals surface area contributed by atoms with Crippen molar-refractivity contribution in [2.45, 2.75) is 25.3 Å². The Hall–Kier alpha value is -4.74. The van der Waals surface area contributed by atoms with Gasteiger partial charge in [-0.15, -0.1) is 0 Å². The van der Waals surface area contributed by atoms with Gasteiger partial charge in [-0.3, -0.25) is 14.4 Å². The Balaban J connectivity index is 1.27. The Morgan fingerprint density at radius 3 is 2.55 bits per heavy atom. The minimum absolute atomic E-state index is 0.0650. The van der Waals surface area contributed by atoms with E-state index in [0.29, 0.717) is 54.7 Å². The lowest BCUT2D eigenvalue weighted by molar-refractivity contribution is -0.127. The van der Waals surface area contributed by atoms with Crippen molar-refractivity contribution >= 4 is 28.5 Å². The van der Waals surface area contributed by atoms with Crippen molar-refractivity contribution in [1.82, 2.24) is 20.5 Å². The fourth-order valence-corrected chi connectivity index (χ4v) is 5.09. The van der Waals surface area contributed by atoms with Gasteiger partial charge < -0.3 is 20.5 Å². The summed E-state index contributed by atoms with van der Waals surface area (Å²) in [5, 5.41) is 16.1. The first-order valence-electron chi connectivity index (χ1n) is 13.5. The number of amides is 2. The summed E-state index contributed by atoms with van der Waals surface area (Å²) in [4.78, 5) is 43.3. The third kappa shape index (κ3) is 6.11. The van der Waals surface area contributed by atoms with Gasteiger partial charge in [0.15, 0.2) is 5.78 Å². The minimum atomic E-state index is -0.546. The van der Waals surface area contributed by atoms with Crippen LogP contribution in [-0.4, -0.2) is 53.7 Å². The predicted octanol–water partition coefficient (Wildman–Crippen LogP) is 4.15. The van der Waals surface area contributed by atoms with Crippen molar-refractivity contribution in [2.75, 3.05) is 26.2 Å². The first-order chi connectivity index (χ1) is 19.5. The molecule has 1 saturated heterocycles. The number of ketones is 1. The van der Waals surface area contributed by atoms with E-state index in [-0.39, 0.29) is 17.6 Å². The molecule has 0 spiro atoms. The third-order valence-corrected chi connectivity index (χ3v) is 7.29. The van der Waals surface area contributed by atoms with Crippen molar-refractivity contribution < 1.29 is 14.4 Å². The van der Waals surface area contributed by atoms with Crippen LogP contribution in [0.1, 0.15) is 56.3 Å². The molecule has 5 rings (SSSR count). The number of hydrogen-bond donors (Lipinski definition) is 3. The molecular formula is C32H31N5O3. The number of rotatable bonds is 11. The number of fused-ring (bicyclic) bond motifs is 1. The predicted molar refractivity (Wildman–Crippen MR) is 153 cm³/mol. The number of nitrogens with one attached hydrogen (secondary N) is 3. The molecule has 8 nitrogen and oxygen atoms in total. The molecule has 0 radical (unpaired) electrons. The topological polar surface area (TPSA) is 118 Å². The second kappa shape index (κ2) is 12.4. The maximum Gasteiger partial charge on any atom is 0.251 e. The van der Waals surface area contributed by atoms with Crippen LogP contribution in [0.2, 0.25) is 0 Å². The van der Waals surface area contributed by atoms with Crippen molar-refractivity contribution in [3.8, 4) is 6.07 Å². The van der Waals surface area contributed by atoms with Gasteiger partial charge in [-0.05, 0) is 48.2 Å². The Kier molecular flexibility index (Phi) is 8.33. The lowest BCUT2D eigenvalue weighted by Gasteiger charge is -2.18. The normalized spacial score (nSPS) is 13.8. The highest BCUT2D eigenvalue weighted by molar-refractivity contribution is 6.11. The molecular weight excluding hydrogens is 502 g/mol. The lowest BCUT2D eigenvalue weighted by atomic mass is 9.96. The van der Waals surface area contributed by atoms with Gasteiger partial charge in [0.2, 0.25) is 5.91 Å². The Morgan fingerprint density at radius 2 is 1.82 bits per heavy atom. The zero-order valence-electron chi connectivity index (χ0n) is 22.2. The van der Waals surface area contributed by atoms with Crippen LogP contribution in [0.15, 0.2) is 79.0 Å². The summed E-state index contributed by atoms with van der Waals surface area (Å²) in [5.41, 5.74) is 4.31. The van der Waals surface area contributed by atoms with Crippen LogP contribution in [0.4, 0.5) is 0 Å². The van der Waals surface area contributed by atoms with E-state index in [1.807, 2.05) is 42.5 Å². The molecule has 3 N–H and O–H groups in total. The van der Waals surface area contributed by atoms with E-state index >= 15 is 0 Å². The number of likely N-dealkylation sites (tertiary alicyclic amines) is 1. The first kappa shape index (κ1) is 26.9. The van der Waals surface area contributed by atoms with Crippen LogP contribution in [-0.2, 0) is 11.2 Å². The number of carbonyl (C=O) groups excluding carboxylic acids is 3. The smallest absolute Gasteiger partial charge is 0.251 e. The fraction of sp³-hybridized carbons (Fsp3) is 0.250. The maximum atomic E-state index is 13.8. The molecule has 1 fully saturated rings. The highest BCUT2D eigenvalue weighted by Gasteiger charge is 2.24. The van der Waals surface area contributed by atoms with Crippen molar-refractivity contribution in [3.63, 3.8) is 0 Å². The van der Waals surface area contributed by atoms with Crippen molar-refractivity contribution in [3.05, 3.63) is 107 Å². The van der Waals surface area contributed by atoms with E-state index in [1.54, 1.807) is 41.4 Å². The molecule has 8 heteroatoms. The van der Waals surface area contributed by atoms with Gasteiger partial charge >= 0.3 is 0 Å². The van der Waals surface area contributed by atoms with Crippen molar-refractivity contribution in [2.24, 2.45) is 0 Å². The molecule has 4 aromatic rings. The van der Waals surface area contributed by atoms with Gasteiger partial charge in [0.1, 0.15) is 0 Å². The van der Waals surface area contributed by atoms with Gasteiger partial charge in [0, 0.05) is 60.8 Å². The van der Waals surface area contributed by atoms with E-state index in [0.717, 1.165) is 29.5 Å². The highest BCUT2D eigenvalue weighted by atomic mass is 16.2. The third-order valence-electron chi connectivity index (χ3n) is 7.29. The van der Waals surface area contributed by atoms with Crippen LogP contribution in [0.25, 0.3) is 10.9 Å². The molecule has 0 aliphatic carbocycles. The molecule has 1 aliphatic rings. The number of carbonyl (C=O) groups is 3. The number of nitriles is 1. The summed E-state index contributed by atoms with van der Waals surface area (Å²) < 4.78 is 0. The second-order valence-electron chi connectivity index (χ2n) is 9.92. The monoisotopic (exact) mass is 533 g/mol. The maximum absolute atomic E-state index is 13.8. The summed E-state index contributed by atoms with van der Waals surface area (Å²) in [6.45, 7) is 2.22. The molecule has 0 saturated carbocycles. The summed E-state index contributed by atoms with van der Waals surface area (Å²) in [6, 6.07) is 23.9. The van der Waals surface area contributed by atoms with Crippen LogP contribution in [0.3, 0.4) is 0 Å². The van der Waals surface area contributed by atoms with E-state index in [9.17, 15) is 14.4 Å². The van der Waals surface area contributed by atoms with E-state index in [1.165, 1.54) is 0 Å². The number of hydrogen-bond acceptors (Lipinski definition) is 5. The van der Waals surface area contributed by atoms with E-state index in [4.69, 9.17) is 5.26 Å². The van der Waals surface area contributed by atoms with Gasteiger partial charge in [0.25, 0.3) is 5.91 Å². The first-order valence-corrected chi connectivity index (χ1v) is 13.5. The molecule has 2 amide bonds. The SMILES string of the molecule is N#Cc1ccc(CCN[C@H](C(=O)c2c[nH]c3cc(C(=O)NCCN4CCCC4=O)ccc23)c2ccccc2)cc1. The molecule has 0 bridgehead atoms. The quantitative estimate of drug-likeness (QED) is 0.250. The number of aromatic nitrogens is 1. The zero-order chi connectivity index (χ0) is 27.9. The van der Waals surface area contributed by atoms with Gasteiger partial charge in [-0.1, -0.05) is 48.5 Å². The standard InChI is InChI=1S/C32H31N5O3/c33-20-23-10-8-22(9-11-23)14-15-34-30(24-5-2-1-3-6-24)31(39)27-21-36-28-19-25(12-13-26(27)28)32(40)35-16-18-37-17-4-7-29(37)38/h1-3,5-6,8-13,19,21,30,34,36H,4,7,14-18H2,(H,35,40)/t30-/m0/s1. The van der Waals surface area contributed by atoms with Gasteiger partial charge in [-0.25, -0.2) is 0 Å². The molecule has 1 atom stereocenters. The highest BCUT2D eigenvalue weighted by Crippen LogP contribution is 2.26. The molecule has 40 heavy (non-hydrogen) atoms. The van der Waals surface area contributed by atoms with Crippen LogP contribution < -0.4 is 10.6 Å². The molecule has 202 valence electrons. The van der Waals surface area contributed by atoms with Crippen LogP contribution in [0.5, 0.6) is 0 Å². The average Bonchev–Trinajstić information content (AvgIpc) is 3.61. The summed E-state index contributed by atoms with van der Waals surface area (Å²) in [5.74, 6) is -0.149. The number of aromatic amines is 1. The number of benzene rings is 3. The van der Waals surface area contributed by atoms with Gasteiger partial charge in [0.05, 0.1) is 17.7 Å². The number of H-pyrrole nitrogens is 1. The largest absolute Gasteiger partial charge is 0.360 e. The molecule has 1 aromatic heterocycles.